The molecule has 1 fully saturated rings. The van der Waals surface area contributed by atoms with Crippen molar-refractivity contribution in [1.82, 2.24) is 5.32 Å². The van der Waals surface area contributed by atoms with Gasteiger partial charge in [-0.15, -0.1) is 0 Å². The number of amides is 2. The van der Waals surface area contributed by atoms with E-state index in [1.54, 1.807) is 18.2 Å². The number of carbonyl (C=O) groups is 2. The fourth-order valence-electron chi connectivity index (χ4n) is 3.35. The Morgan fingerprint density at radius 3 is 2.25 bits per heavy atom. The van der Waals surface area contributed by atoms with E-state index in [1.807, 2.05) is 18.2 Å². The van der Waals surface area contributed by atoms with Gasteiger partial charge in [-0.25, -0.2) is 0 Å². The van der Waals surface area contributed by atoms with Crippen molar-refractivity contribution >= 4 is 17.5 Å². The van der Waals surface area contributed by atoms with Crippen molar-refractivity contribution in [1.29, 1.82) is 0 Å². The van der Waals surface area contributed by atoms with Gasteiger partial charge in [-0.05, 0) is 36.2 Å². The zero-order valence-electron chi connectivity index (χ0n) is 14.9. The summed E-state index contributed by atoms with van der Waals surface area (Å²) in [4.78, 5) is 24.7. The van der Waals surface area contributed by atoms with Crippen molar-refractivity contribution in [3.05, 3.63) is 42.0 Å². The van der Waals surface area contributed by atoms with Crippen LogP contribution in [0.2, 0.25) is 0 Å². The first-order valence-electron chi connectivity index (χ1n) is 9.04. The Morgan fingerprint density at radius 2 is 1.46 bits per heavy atom. The lowest BCUT2D eigenvalue weighted by atomic mass is 10.2. The van der Waals surface area contributed by atoms with Gasteiger partial charge in [0.1, 0.15) is 0 Å². The molecule has 2 aromatic carbocycles. The first kappa shape index (κ1) is 16.7. The lowest BCUT2D eigenvalue weighted by Crippen LogP contribution is -2.27. The van der Waals surface area contributed by atoms with E-state index in [1.165, 1.54) is 0 Å². The fourth-order valence-corrected chi connectivity index (χ4v) is 3.35. The topological polar surface area (TPSA) is 95.1 Å². The molecule has 2 atom stereocenters. The molecule has 0 spiro atoms. The van der Waals surface area contributed by atoms with Crippen LogP contribution in [0.1, 0.15) is 12.0 Å². The normalized spacial score (nSPS) is 20.6. The molecule has 2 aromatic rings. The van der Waals surface area contributed by atoms with E-state index < -0.39 is 0 Å². The highest BCUT2D eigenvalue weighted by Gasteiger charge is 2.48. The number of hydrogen-bond donors (Lipinski definition) is 2. The summed E-state index contributed by atoms with van der Waals surface area (Å²) in [5, 5.41) is 5.72. The minimum atomic E-state index is -0.317. The van der Waals surface area contributed by atoms with Crippen LogP contribution in [0, 0.1) is 11.8 Å². The number of nitrogens with one attached hydrogen (secondary N) is 2. The summed E-state index contributed by atoms with van der Waals surface area (Å²) in [6.45, 7) is 0.775. The maximum Gasteiger partial charge on any atom is 0.231 e. The Kier molecular flexibility index (Phi) is 3.96. The van der Waals surface area contributed by atoms with Gasteiger partial charge in [-0.3, -0.25) is 9.59 Å². The average molecular weight is 382 g/mol. The van der Waals surface area contributed by atoms with E-state index in [4.69, 9.17) is 18.9 Å². The molecule has 2 unspecified atom stereocenters. The van der Waals surface area contributed by atoms with Crippen LogP contribution in [0.15, 0.2) is 36.4 Å². The zero-order chi connectivity index (χ0) is 19.1. The van der Waals surface area contributed by atoms with Crippen LogP contribution in [0.3, 0.4) is 0 Å². The molecule has 3 aliphatic rings. The summed E-state index contributed by atoms with van der Waals surface area (Å²) < 4.78 is 21.2. The van der Waals surface area contributed by atoms with Gasteiger partial charge in [-0.1, -0.05) is 6.07 Å². The predicted octanol–water partition coefficient (Wildman–Crippen LogP) is 2.03. The summed E-state index contributed by atoms with van der Waals surface area (Å²) >= 11 is 0. The SMILES string of the molecule is O=C(NCc1ccc2c(c1)OCO2)C1CC1C(=O)Nc1ccc2c(c1)OCO2. The first-order chi connectivity index (χ1) is 13.7. The first-order valence-corrected chi connectivity index (χ1v) is 9.04. The van der Waals surface area contributed by atoms with E-state index >= 15 is 0 Å². The number of ether oxygens (including phenoxy) is 4. The van der Waals surface area contributed by atoms with E-state index in [0.29, 0.717) is 41.7 Å². The van der Waals surface area contributed by atoms with Gasteiger partial charge in [0, 0.05) is 18.3 Å². The van der Waals surface area contributed by atoms with Gasteiger partial charge >= 0.3 is 0 Å². The number of carbonyl (C=O) groups excluding carboxylic acids is 2. The Morgan fingerprint density at radius 1 is 0.821 bits per heavy atom. The van der Waals surface area contributed by atoms with Crippen molar-refractivity contribution in [2.24, 2.45) is 11.8 Å². The molecule has 5 rings (SSSR count). The second kappa shape index (κ2) is 6.63. The number of anilines is 1. The second-order valence-corrected chi connectivity index (χ2v) is 6.91. The molecule has 0 radical (unpaired) electrons. The predicted molar refractivity (Wildman–Crippen MR) is 97.2 cm³/mol. The third-order valence-corrected chi connectivity index (χ3v) is 5.01. The van der Waals surface area contributed by atoms with Crippen LogP contribution in [-0.4, -0.2) is 25.4 Å². The van der Waals surface area contributed by atoms with E-state index in [-0.39, 0.29) is 37.2 Å². The summed E-state index contributed by atoms with van der Waals surface area (Å²) in [6, 6.07) is 10.8. The molecule has 0 aromatic heterocycles. The molecule has 0 bridgehead atoms. The van der Waals surface area contributed by atoms with Crippen LogP contribution in [0.25, 0.3) is 0 Å². The second-order valence-electron chi connectivity index (χ2n) is 6.91. The Balaban J connectivity index is 1.13. The summed E-state index contributed by atoms with van der Waals surface area (Å²) in [5.74, 6) is 1.74. The largest absolute Gasteiger partial charge is 0.454 e. The van der Waals surface area contributed by atoms with Crippen LogP contribution in [0.4, 0.5) is 5.69 Å². The zero-order valence-corrected chi connectivity index (χ0v) is 14.9. The lowest BCUT2D eigenvalue weighted by Gasteiger charge is -2.07. The van der Waals surface area contributed by atoms with Crippen LogP contribution < -0.4 is 29.6 Å². The molecule has 2 aliphatic heterocycles. The number of rotatable bonds is 5. The third kappa shape index (κ3) is 3.17. The maximum atomic E-state index is 12.4. The number of fused-ring (bicyclic) bond motifs is 2. The van der Waals surface area contributed by atoms with Gasteiger partial charge in [0.2, 0.25) is 25.4 Å². The van der Waals surface area contributed by atoms with Gasteiger partial charge < -0.3 is 29.6 Å². The summed E-state index contributed by atoms with van der Waals surface area (Å²) in [7, 11) is 0. The lowest BCUT2D eigenvalue weighted by molar-refractivity contribution is -0.125. The van der Waals surface area contributed by atoms with Crippen molar-refractivity contribution < 1.29 is 28.5 Å². The highest BCUT2D eigenvalue weighted by atomic mass is 16.7. The Labute approximate surface area is 160 Å². The molecule has 2 amide bonds. The monoisotopic (exact) mass is 382 g/mol. The molecule has 2 N–H and O–H groups in total. The fraction of sp³-hybridized carbons (Fsp3) is 0.300. The molecule has 1 aliphatic carbocycles. The molecule has 8 nitrogen and oxygen atoms in total. The summed E-state index contributed by atoms with van der Waals surface area (Å²) in [6.07, 6.45) is 0.545. The standard InChI is InChI=1S/C20H18N2O6/c23-19(21-8-11-1-3-15-17(5-11)27-9-25-15)13-7-14(13)20(24)22-12-2-4-16-18(6-12)28-10-26-16/h1-6,13-14H,7-10H2,(H,21,23)(H,22,24). The smallest absolute Gasteiger partial charge is 0.231 e. The van der Waals surface area contributed by atoms with Crippen LogP contribution in [0.5, 0.6) is 23.0 Å². The highest BCUT2D eigenvalue weighted by molar-refractivity contribution is 5.99. The molecule has 1 saturated carbocycles. The van der Waals surface area contributed by atoms with Crippen molar-refractivity contribution in [3.63, 3.8) is 0 Å². The molecule has 144 valence electrons. The van der Waals surface area contributed by atoms with Crippen molar-refractivity contribution in [2.75, 3.05) is 18.9 Å². The molecular weight excluding hydrogens is 364 g/mol. The van der Waals surface area contributed by atoms with Crippen molar-refractivity contribution in [2.45, 2.75) is 13.0 Å². The summed E-state index contributed by atoms with van der Waals surface area (Å²) in [5.41, 5.74) is 1.54. The van der Waals surface area contributed by atoms with Gasteiger partial charge in [0.15, 0.2) is 23.0 Å². The molecule has 8 heteroatoms. The Bertz CT molecular complexity index is 960. The molecule has 2 heterocycles. The third-order valence-electron chi connectivity index (χ3n) is 5.01. The maximum absolute atomic E-state index is 12.4. The van der Waals surface area contributed by atoms with Gasteiger partial charge in [0.25, 0.3) is 0 Å². The quantitative estimate of drug-likeness (QED) is 0.822. The minimum Gasteiger partial charge on any atom is -0.454 e. The number of hydrogen-bond acceptors (Lipinski definition) is 6. The average Bonchev–Trinajstić information content (AvgIpc) is 3.14. The van der Waals surface area contributed by atoms with E-state index in [0.717, 1.165) is 5.56 Å². The molecular formula is C20H18N2O6. The van der Waals surface area contributed by atoms with E-state index in [2.05, 4.69) is 10.6 Å². The van der Waals surface area contributed by atoms with Crippen molar-refractivity contribution in [3.8, 4) is 23.0 Å². The van der Waals surface area contributed by atoms with Crippen LogP contribution in [-0.2, 0) is 16.1 Å². The van der Waals surface area contributed by atoms with E-state index in [9.17, 15) is 9.59 Å². The van der Waals surface area contributed by atoms with Crippen LogP contribution >= 0.6 is 0 Å². The highest BCUT2D eigenvalue weighted by Crippen LogP contribution is 2.40. The minimum absolute atomic E-state index is 0.122. The van der Waals surface area contributed by atoms with Gasteiger partial charge in [-0.2, -0.15) is 0 Å². The molecule has 28 heavy (non-hydrogen) atoms. The number of benzene rings is 2. The molecule has 0 saturated heterocycles. The van der Waals surface area contributed by atoms with Gasteiger partial charge in [0.05, 0.1) is 11.8 Å². The Hall–Kier alpha value is -3.42.